The Morgan fingerprint density at radius 1 is 0.487 bits per heavy atom. The van der Waals surface area contributed by atoms with Crippen LogP contribution in [0, 0.1) is 42.1 Å². The predicted molar refractivity (Wildman–Crippen MR) is 296 cm³/mol. The number of nitrogens with zero attached hydrogens (tertiary/aromatic N) is 4. The maximum absolute atomic E-state index is 15.4. The van der Waals surface area contributed by atoms with Gasteiger partial charge in [-0.1, -0.05) is 122 Å². The molecule has 2 aromatic heterocycles. The molecule has 0 fully saturated rings. The molecule has 0 amide bonds. The molecule has 0 spiro atoms. The summed E-state index contributed by atoms with van der Waals surface area (Å²) in [6, 6.07) is 54.5. The van der Waals surface area contributed by atoms with E-state index in [1.54, 1.807) is 0 Å². The fourth-order valence-corrected chi connectivity index (χ4v) is 10.2. The molecule has 0 unspecified atom stereocenters. The first-order valence-corrected chi connectivity index (χ1v) is 25.1. The Labute approximate surface area is 456 Å². The van der Waals surface area contributed by atoms with Gasteiger partial charge in [0.05, 0.1) is 0 Å². The monoisotopic (exact) mass is 1190 g/mol. The molecule has 1 aliphatic heterocycles. The molecule has 8 aromatic carbocycles. The zero-order valence-electron chi connectivity index (χ0n) is 43.7. The molecule has 10 heteroatoms. The van der Waals surface area contributed by atoms with E-state index in [2.05, 4.69) is 107 Å². The minimum Gasteiger partial charge on any atom is -0.509 e. The van der Waals surface area contributed by atoms with E-state index in [9.17, 15) is 0 Å². The molecule has 10 aromatic rings. The third-order valence-electron chi connectivity index (χ3n) is 13.9. The van der Waals surface area contributed by atoms with Crippen LogP contribution < -0.4 is 14.5 Å². The van der Waals surface area contributed by atoms with E-state index >= 15 is 17.6 Å². The Hall–Kier alpha value is -7.48. The number of pyridine rings is 1. The van der Waals surface area contributed by atoms with Gasteiger partial charge in [-0.3, -0.25) is 0 Å². The summed E-state index contributed by atoms with van der Waals surface area (Å²) in [5.41, 5.74) is 9.85. The number of anilines is 4. The predicted octanol–water partition coefficient (Wildman–Crippen LogP) is 18.4. The van der Waals surface area contributed by atoms with E-state index in [-0.39, 0.29) is 43.0 Å². The van der Waals surface area contributed by atoms with Crippen LogP contribution in [0.2, 0.25) is 0 Å². The zero-order chi connectivity index (χ0) is 52.7. The molecule has 0 saturated carbocycles. The van der Waals surface area contributed by atoms with Gasteiger partial charge in [-0.15, -0.1) is 53.6 Å². The van der Waals surface area contributed by atoms with Gasteiger partial charge in [0.2, 0.25) is 0 Å². The summed E-state index contributed by atoms with van der Waals surface area (Å²) in [4.78, 5) is 8.79. The normalized spacial score (nSPS) is 12.9. The second-order valence-electron chi connectivity index (χ2n) is 22.4. The molecule has 3 heterocycles. The van der Waals surface area contributed by atoms with E-state index in [1.807, 2.05) is 116 Å². The molecule has 0 atom stereocenters. The SMILES string of the molecule is CC(C)(C)c1ccnc(-n2c3[c-]c(Oc4[c-]c(N5[CH-]N(c6c(-c7cc(F)cc(F)c7)cc(C(C)(C)C)cc6-c6cc(F)cc(F)c6)c6ccccc65)cc(-c5ccccc5C(C)(C)C)c4)ccc3c3ccccc32)c1.[Pt]. The summed E-state index contributed by atoms with van der Waals surface area (Å²) >= 11 is 0. The van der Waals surface area contributed by atoms with Crippen molar-refractivity contribution in [3.05, 3.63) is 223 Å². The Balaban J connectivity index is 0.00000657. The summed E-state index contributed by atoms with van der Waals surface area (Å²) in [7, 11) is 0. The first-order chi connectivity index (χ1) is 35.7. The van der Waals surface area contributed by atoms with Crippen LogP contribution >= 0.6 is 0 Å². The Morgan fingerprint density at radius 3 is 1.67 bits per heavy atom. The fourth-order valence-electron chi connectivity index (χ4n) is 10.2. The van der Waals surface area contributed by atoms with Crippen molar-refractivity contribution >= 4 is 44.6 Å². The quantitative estimate of drug-likeness (QED) is 0.112. The summed E-state index contributed by atoms with van der Waals surface area (Å²) < 4.78 is 70.5. The second-order valence-corrected chi connectivity index (χ2v) is 22.4. The second kappa shape index (κ2) is 19.6. The van der Waals surface area contributed by atoms with Gasteiger partial charge in [-0.2, -0.15) is 6.07 Å². The summed E-state index contributed by atoms with van der Waals surface area (Å²) in [5.74, 6) is -1.39. The number of benzene rings is 8. The van der Waals surface area contributed by atoms with Gasteiger partial charge < -0.3 is 19.1 Å². The fraction of sp³-hybridized carbons (Fsp3) is 0.182. The van der Waals surface area contributed by atoms with E-state index in [4.69, 9.17) is 9.72 Å². The number of ether oxygens (including phenoxy) is 1. The molecule has 0 saturated heterocycles. The molecule has 0 bridgehead atoms. The first-order valence-electron chi connectivity index (χ1n) is 25.1. The van der Waals surface area contributed by atoms with Crippen molar-refractivity contribution in [2.45, 2.75) is 78.6 Å². The van der Waals surface area contributed by atoms with Gasteiger partial charge in [0.15, 0.2) is 0 Å². The number of halogens is 4. The van der Waals surface area contributed by atoms with Crippen LogP contribution in [-0.2, 0) is 37.3 Å². The van der Waals surface area contributed by atoms with Crippen molar-refractivity contribution in [2.24, 2.45) is 0 Å². The molecule has 0 aliphatic carbocycles. The van der Waals surface area contributed by atoms with Crippen LogP contribution in [0.1, 0.15) is 79.0 Å². The van der Waals surface area contributed by atoms with Crippen molar-refractivity contribution in [3.63, 3.8) is 0 Å². The summed E-state index contributed by atoms with van der Waals surface area (Å²) in [6.07, 6.45) is 1.86. The largest absolute Gasteiger partial charge is 0.509 e. The topological polar surface area (TPSA) is 33.5 Å². The van der Waals surface area contributed by atoms with Crippen molar-refractivity contribution < 1.29 is 43.4 Å². The van der Waals surface area contributed by atoms with Gasteiger partial charge in [0.25, 0.3) is 0 Å². The van der Waals surface area contributed by atoms with E-state index in [1.165, 1.54) is 24.3 Å². The average Bonchev–Trinajstić information content (AvgIpc) is 3.90. The van der Waals surface area contributed by atoms with Crippen molar-refractivity contribution in [1.29, 1.82) is 0 Å². The first kappa shape index (κ1) is 52.0. The molecule has 5 nitrogen and oxygen atoms in total. The third kappa shape index (κ3) is 9.82. The number of rotatable bonds is 8. The Kier molecular flexibility index (Phi) is 13.4. The van der Waals surface area contributed by atoms with Crippen LogP contribution in [0.5, 0.6) is 11.5 Å². The maximum atomic E-state index is 15.4. The minimum absolute atomic E-state index is 0. The molecular formula is C66H55F4N4OPt-3. The minimum atomic E-state index is -0.762. The standard InChI is InChI=1S/C66H55F4N4O.Pt/c1-64(2,3)43-24-25-71-62(34-43)74-58-19-13-11-17-53(58)54-23-22-50(38-61(54)74)75-51-31-42(52-16-10-12-18-57(52)66(7,8)9)30-49(37-51)72-39-73(60-21-15-14-20-59(60)72)63-55(40-26-45(67)35-46(68)27-40)32-44(65(4,5)6)33-56(63)41-28-47(69)36-48(70)29-41;/h10-36,39H,1-9H3;/q-3;. The summed E-state index contributed by atoms with van der Waals surface area (Å²) in [6.45, 7) is 21.1. The molecule has 76 heavy (non-hydrogen) atoms. The number of aromatic nitrogens is 2. The van der Waals surface area contributed by atoms with Crippen LogP contribution in [0.4, 0.5) is 40.3 Å². The van der Waals surface area contributed by atoms with Crippen molar-refractivity contribution in [1.82, 2.24) is 9.55 Å². The molecule has 1 aliphatic rings. The van der Waals surface area contributed by atoms with Crippen LogP contribution in [-0.4, -0.2) is 9.55 Å². The van der Waals surface area contributed by atoms with Gasteiger partial charge in [-0.05, 0) is 122 Å². The molecule has 386 valence electrons. The molecule has 11 rings (SSSR count). The molecular weight excluding hydrogens is 1140 g/mol. The van der Waals surface area contributed by atoms with Crippen molar-refractivity contribution in [3.8, 4) is 50.7 Å². The van der Waals surface area contributed by atoms with E-state index < -0.39 is 28.7 Å². The van der Waals surface area contributed by atoms with E-state index in [0.717, 1.165) is 73.3 Å². The third-order valence-corrected chi connectivity index (χ3v) is 13.9. The van der Waals surface area contributed by atoms with Gasteiger partial charge in [-0.25, -0.2) is 22.5 Å². The number of fused-ring (bicyclic) bond motifs is 4. The zero-order valence-corrected chi connectivity index (χ0v) is 46.0. The average molecular weight is 1190 g/mol. The van der Waals surface area contributed by atoms with Crippen LogP contribution in [0.25, 0.3) is 61.0 Å². The number of para-hydroxylation sites is 3. The molecule has 0 radical (unpaired) electrons. The number of hydrogen-bond donors (Lipinski definition) is 0. The Morgan fingerprint density at radius 2 is 1.05 bits per heavy atom. The summed E-state index contributed by atoms with van der Waals surface area (Å²) in [5, 5.41) is 2.06. The molecule has 0 N–H and O–H groups in total. The van der Waals surface area contributed by atoms with Gasteiger partial charge >= 0.3 is 0 Å². The van der Waals surface area contributed by atoms with E-state index in [0.29, 0.717) is 39.7 Å². The van der Waals surface area contributed by atoms with Crippen LogP contribution in [0.15, 0.2) is 164 Å². The Bertz CT molecular complexity index is 3770. The van der Waals surface area contributed by atoms with Gasteiger partial charge in [0.1, 0.15) is 29.1 Å². The smallest absolute Gasteiger partial charge is 0.135 e. The maximum Gasteiger partial charge on any atom is 0.135 e. The number of hydrogen-bond acceptors (Lipinski definition) is 4. The van der Waals surface area contributed by atoms with Crippen molar-refractivity contribution in [2.75, 3.05) is 9.80 Å². The van der Waals surface area contributed by atoms with Crippen LogP contribution in [0.3, 0.4) is 0 Å². The van der Waals surface area contributed by atoms with Gasteiger partial charge in [0, 0.05) is 84.6 Å².